The molecule has 1 amide bonds. The van der Waals surface area contributed by atoms with Crippen molar-refractivity contribution in [2.45, 2.75) is 30.4 Å². The van der Waals surface area contributed by atoms with Gasteiger partial charge in [-0.05, 0) is 31.2 Å². The summed E-state index contributed by atoms with van der Waals surface area (Å²) in [4.78, 5) is 21.7. The lowest BCUT2D eigenvalue weighted by Crippen LogP contribution is -2.41. The third-order valence-corrected chi connectivity index (χ3v) is 4.77. The highest BCUT2D eigenvalue weighted by Crippen LogP contribution is 2.21. The molecule has 0 aliphatic carbocycles. The van der Waals surface area contributed by atoms with E-state index in [1.807, 2.05) is 49.0 Å². The van der Waals surface area contributed by atoms with Gasteiger partial charge < -0.3 is 16.0 Å². The molecule has 1 heterocycles. The van der Waals surface area contributed by atoms with E-state index in [0.29, 0.717) is 30.0 Å². The second kappa shape index (κ2) is 11.2. The van der Waals surface area contributed by atoms with Gasteiger partial charge in [-0.2, -0.15) is 0 Å². The summed E-state index contributed by atoms with van der Waals surface area (Å²) in [6, 6.07) is 15.9. The number of pyridine rings is 1. The van der Waals surface area contributed by atoms with E-state index in [0.717, 1.165) is 12.2 Å². The average molecular weight is 386 g/mol. The van der Waals surface area contributed by atoms with Gasteiger partial charge in [-0.1, -0.05) is 31.2 Å². The van der Waals surface area contributed by atoms with Gasteiger partial charge >= 0.3 is 0 Å². The van der Waals surface area contributed by atoms with Crippen LogP contribution in [0.4, 0.5) is 5.82 Å². The van der Waals surface area contributed by atoms with Crippen LogP contribution < -0.4 is 16.0 Å². The number of aryl methyl sites for hydroxylation is 1. The lowest BCUT2D eigenvalue weighted by Gasteiger charge is -2.16. The summed E-state index contributed by atoms with van der Waals surface area (Å²) in [6.45, 7) is 5.33. The molecule has 2 rings (SSSR count). The number of thioether (sulfide) groups is 1. The summed E-state index contributed by atoms with van der Waals surface area (Å²) in [5, 5.41) is 9.65. The van der Waals surface area contributed by atoms with Crippen molar-refractivity contribution in [1.82, 2.24) is 15.6 Å². The number of benzene rings is 1. The largest absolute Gasteiger partial charge is 0.356 e. The van der Waals surface area contributed by atoms with Gasteiger partial charge in [-0.3, -0.25) is 9.79 Å². The molecule has 2 aromatic rings. The first-order valence-corrected chi connectivity index (χ1v) is 9.84. The minimum absolute atomic E-state index is 0.0796. The minimum atomic E-state index is -0.0796. The number of rotatable bonds is 8. The topological polar surface area (TPSA) is 78.4 Å². The Labute approximate surface area is 165 Å². The molecular weight excluding hydrogens is 358 g/mol. The second-order valence-electron chi connectivity index (χ2n) is 6.08. The van der Waals surface area contributed by atoms with E-state index in [1.54, 1.807) is 13.1 Å². The van der Waals surface area contributed by atoms with Gasteiger partial charge in [0.25, 0.3) is 0 Å². The molecule has 3 N–H and O–H groups in total. The number of nitrogens with zero attached hydrogens (tertiary/aromatic N) is 2. The fourth-order valence-corrected chi connectivity index (χ4v) is 3.29. The molecule has 0 saturated carbocycles. The first-order valence-electron chi connectivity index (χ1n) is 8.96. The van der Waals surface area contributed by atoms with Crippen molar-refractivity contribution in [3.63, 3.8) is 0 Å². The van der Waals surface area contributed by atoms with Crippen molar-refractivity contribution in [1.29, 1.82) is 0 Å². The standard InChI is InChI=1S/C20H27N5OS/c1-15-8-7-11-18(24-15)25-19(26)12-13-22-20(21-3)23-14-16(2)27-17-9-5-4-6-10-17/h4-11,16H,12-14H2,1-3H3,(H2,21,22,23)(H,24,25,26). The molecule has 0 fully saturated rings. The van der Waals surface area contributed by atoms with E-state index in [-0.39, 0.29) is 5.91 Å². The van der Waals surface area contributed by atoms with Crippen molar-refractivity contribution in [2.24, 2.45) is 4.99 Å². The Kier molecular flexibility index (Phi) is 8.64. The first kappa shape index (κ1) is 20.8. The molecule has 1 aromatic heterocycles. The third kappa shape index (κ3) is 8.13. The lowest BCUT2D eigenvalue weighted by atomic mass is 10.3. The zero-order valence-electron chi connectivity index (χ0n) is 16.0. The number of hydrogen-bond acceptors (Lipinski definition) is 4. The van der Waals surface area contributed by atoms with E-state index in [9.17, 15) is 4.79 Å². The molecule has 27 heavy (non-hydrogen) atoms. The molecule has 1 aromatic carbocycles. The minimum Gasteiger partial charge on any atom is -0.356 e. The van der Waals surface area contributed by atoms with E-state index in [2.05, 4.69) is 45.0 Å². The molecule has 0 spiro atoms. The molecule has 6 nitrogen and oxygen atoms in total. The Morgan fingerprint density at radius 1 is 1.15 bits per heavy atom. The Bertz CT molecular complexity index is 751. The van der Waals surface area contributed by atoms with E-state index in [1.165, 1.54) is 4.90 Å². The number of carbonyl (C=O) groups excluding carboxylic acids is 1. The Morgan fingerprint density at radius 2 is 1.93 bits per heavy atom. The Balaban J connectivity index is 1.67. The monoisotopic (exact) mass is 385 g/mol. The summed E-state index contributed by atoms with van der Waals surface area (Å²) in [7, 11) is 1.72. The summed E-state index contributed by atoms with van der Waals surface area (Å²) in [5.74, 6) is 1.19. The van der Waals surface area contributed by atoms with Crippen LogP contribution in [0.5, 0.6) is 0 Å². The number of aromatic nitrogens is 1. The summed E-state index contributed by atoms with van der Waals surface area (Å²) < 4.78 is 0. The lowest BCUT2D eigenvalue weighted by molar-refractivity contribution is -0.116. The van der Waals surface area contributed by atoms with Crippen LogP contribution >= 0.6 is 11.8 Å². The molecule has 0 aliphatic heterocycles. The zero-order valence-corrected chi connectivity index (χ0v) is 16.8. The van der Waals surface area contributed by atoms with Gasteiger partial charge in [-0.15, -0.1) is 11.8 Å². The Morgan fingerprint density at radius 3 is 2.63 bits per heavy atom. The van der Waals surface area contributed by atoms with Gasteiger partial charge in [0, 0.05) is 42.4 Å². The van der Waals surface area contributed by atoms with Gasteiger partial charge in [-0.25, -0.2) is 4.98 Å². The summed E-state index contributed by atoms with van der Waals surface area (Å²) in [5.41, 5.74) is 0.873. The van der Waals surface area contributed by atoms with Gasteiger partial charge in [0.05, 0.1) is 0 Å². The van der Waals surface area contributed by atoms with Crippen molar-refractivity contribution >= 4 is 29.4 Å². The predicted molar refractivity (Wildman–Crippen MR) is 113 cm³/mol. The van der Waals surface area contributed by atoms with Crippen LogP contribution in [-0.2, 0) is 4.79 Å². The second-order valence-corrected chi connectivity index (χ2v) is 7.60. The number of hydrogen-bond donors (Lipinski definition) is 3. The third-order valence-electron chi connectivity index (χ3n) is 3.66. The van der Waals surface area contributed by atoms with Crippen LogP contribution in [0.2, 0.25) is 0 Å². The highest BCUT2D eigenvalue weighted by Gasteiger charge is 2.07. The highest BCUT2D eigenvalue weighted by atomic mass is 32.2. The molecular formula is C20H27N5OS. The quantitative estimate of drug-likeness (QED) is 0.370. The van der Waals surface area contributed by atoms with Crippen molar-refractivity contribution in [2.75, 3.05) is 25.5 Å². The van der Waals surface area contributed by atoms with Gasteiger partial charge in [0.1, 0.15) is 5.82 Å². The zero-order chi connectivity index (χ0) is 19.5. The molecule has 144 valence electrons. The molecule has 1 atom stereocenters. The predicted octanol–water partition coefficient (Wildman–Crippen LogP) is 3.06. The van der Waals surface area contributed by atoms with E-state index in [4.69, 9.17) is 0 Å². The SMILES string of the molecule is CN=C(NCCC(=O)Nc1cccc(C)n1)NCC(C)Sc1ccccc1. The fraction of sp³-hybridized carbons (Fsp3) is 0.350. The van der Waals surface area contributed by atoms with Crippen molar-refractivity contribution in [3.8, 4) is 0 Å². The van der Waals surface area contributed by atoms with Crippen LogP contribution in [0.15, 0.2) is 58.4 Å². The first-order chi connectivity index (χ1) is 13.1. The number of carbonyl (C=O) groups is 1. The number of guanidine groups is 1. The van der Waals surface area contributed by atoms with Crippen LogP contribution in [0, 0.1) is 6.92 Å². The maximum absolute atomic E-state index is 12.0. The number of amides is 1. The van der Waals surface area contributed by atoms with E-state index >= 15 is 0 Å². The molecule has 0 aliphatic rings. The highest BCUT2D eigenvalue weighted by molar-refractivity contribution is 8.00. The summed E-state index contributed by atoms with van der Waals surface area (Å²) >= 11 is 1.81. The van der Waals surface area contributed by atoms with Gasteiger partial charge in [0.15, 0.2) is 5.96 Å². The van der Waals surface area contributed by atoms with Crippen LogP contribution in [0.25, 0.3) is 0 Å². The molecule has 0 bridgehead atoms. The van der Waals surface area contributed by atoms with Crippen LogP contribution in [0.3, 0.4) is 0 Å². The van der Waals surface area contributed by atoms with Gasteiger partial charge in [0.2, 0.25) is 5.91 Å². The molecule has 1 unspecified atom stereocenters. The number of aliphatic imine (C=N–C) groups is 1. The van der Waals surface area contributed by atoms with E-state index < -0.39 is 0 Å². The normalized spacial score (nSPS) is 12.3. The van der Waals surface area contributed by atoms with Crippen LogP contribution in [-0.4, -0.2) is 42.2 Å². The fourth-order valence-electron chi connectivity index (χ4n) is 2.35. The number of anilines is 1. The average Bonchev–Trinajstić information content (AvgIpc) is 2.65. The Hall–Kier alpha value is -2.54. The maximum Gasteiger partial charge on any atom is 0.227 e. The summed E-state index contributed by atoms with van der Waals surface area (Å²) in [6.07, 6.45) is 0.338. The maximum atomic E-state index is 12.0. The molecule has 7 heteroatoms. The van der Waals surface area contributed by atoms with Crippen molar-refractivity contribution < 1.29 is 4.79 Å². The smallest absolute Gasteiger partial charge is 0.227 e. The van der Waals surface area contributed by atoms with Crippen molar-refractivity contribution in [3.05, 3.63) is 54.2 Å². The van der Waals surface area contributed by atoms with Crippen LogP contribution in [0.1, 0.15) is 19.0 Å². The molecule has 0 radical (unpaired) electrons. The molecule has 0 saturated heterocycles. The number of nitrogens with one attached hydrogen (secondary N) is 3.